The van der Waals surface area contributed by atoms with Crippen LogP contribution in [0.1, 0.15) is 13.3 Å². The van der Waals surface area contributed by atoms with Crippen LogP contribution in [-0.2, 0) is 10.0 Å². The largest absolute Gasteiger partial charge is 0.398 e. The van der Waals surface area contributed by atoms with Crippen LogP contribution >= 0.6 is 11.8 Å². The number of para-hydroxylation sites is 1. The molecule has 0 amide bonds. The molecule has 6 heteroatoms. The monoisotopic (exact) mass is 300 g/mol. The maximum atomic E-state index is 12.1. The third-order valence-corrected chi connectivity index (χ3v) is 6.49. The van der Waals surface area contributed by atoms with Crippen LogP contribution in [0.4, 0.5) is 5.69 Å². The van der Waals surface area contributed by atoms with Crippen LogP contribution in [0.5, 0.6) is 0 Å². The molecule has 1 aliphatic heterocycles. The maximum Gasteiger partial charge on any atom is 0.214 e. The average molecular weight is 300 g/mol. The summed E-state index contributed by atoms with van der Waals surface area (Å²) in [5, 5.41) is 0. The molecule has 1 heterocycles. The van der Waals surface area contributed by atoms with Gasteiger partial charge in [-0.3, -0.25) is 0 Å². The summed E-state index contributed by atoms with van der Waals surface area (Å²) >= 11 is 1.50. The molecular formula is C13H20N2O2S2. The highest BCUT2D eigenvalue weighted by atomic mass is 32.2. The summed E-state index contributed by atoms with van der Waals surface area (Å²) in [4.78, 5) is 0.951. The molecule has 0 aromatic heterocycles. The Balaban J connectivity index is 1.87. The van der Waals surface area contributed by atoms with Gasteiger partial charge in [0.1, 0.15) is 0 Å². The summed E-state index contributed by atoms with van der Waals surface area (Å²) in [5.41, 5.74) is 6.54. The van der Waals surface area contributed by atoms with Crippen LogP contribution in [-0.4, -0.2) is 37.3 Å². The van der Waals surface area contributed by atoms with E-state index in [2.05, 4.69) is 6.92 Å². The quantitative estimate of drug-likeness (QED) is 0.667. The Morgan fingerprint density at radius 2 is 2.16 bits per heavy atom. The maximum absolute atomic E-state index is 12.1. The first-order valence-corrected chi connectivity index (χ1v) is 9.03. The highest BCUT2D eigenvalue weighted by Gasteiger charge is 2.28. The lowest BCUT2D eigenvalue weighted by molar-refractivity contribution is 0.466. The normalized spacial score (nSPS) is 20.8. The molecule has 106 valence electrons. The van der Waals surface area contributed by atoms with Gasteiger partial charge in [-0.15, -0.1) is 11.8 Å². The van der Waals surface area contributed by atoms with Crippen molar-refractivity contribution in [2.45, 2.75) is 18.2 Å². The van der Waals surface area contributed by atoms with Crippen molar-refractivity contribution in [2.24, 2.45) is 5.92 Å². The number of rotatable bonds is 5. The molecule has 19 heavy (non-hydrogen) atoms. The van der Waals surface area contributed by atoms with E-state index < -0.39 is 10.0 Å². The first-order valence-electron chi connectivity index (χ1n) is 6.44. The number of anilines is 1. The second-order valence-corrected chi connectivity index (χ2v) is 8.18. The summed E-state index contributed by atoms with van der Waals surface area (Å²) in [7, 11) is -3.10. The van der Waals surface area contributed by atoms with E-state index in [-0.39, 0.29) is 5.75 Å². The van der Waals surface area contributed by atoms with E-state index in [1.165, 1.54) is 11.8 Å². The van der Waals surface area contributed by atoms with E-state index >= 15 is 0 Å². The minimum Gasteiger partial charge on any atom is -0.398 e. The van der Waals surface area contributed by atoms with Crippen molar-refractivity contribution in [1.82, 2.24) is 4.31 Å². The molecule has 1 saturated heterocycles. The molecule has 1 aromatic rings. The number of nitrogens with zero attached hydrogens (tertiary/aromatic N) is 1. The van der Waals surface area contributed by atoms with Gasteiger partial charge in [0.2, 0.25) is 10.0 Å². The zero-order chi connectivity index (χ0) is 13.9. The van der Waals surface area contributed by atoms with Crippen molar-refractivity contribution >= 4 is 27.5 Å². The molecular weight excluding hydrogens is 280 g/mol. The Morgan fingerprint density at radius 3 is 2.79 bits per heavy atom. The van der Waals surface area contributed by atoms with Gasteiger partial charge in [-0.2, -0.15) is 0 Å². The molecule has 1 aromatic carbocycles. The average Bonchev–Trinajstić information content (AvgIpc) is 2.79. The summed E-state index contributed by atoms with van der Waals surface area (Å²) in [5.74, 6) is 1.20. The van der Waals surface area contributed by atoms with Gasteiger partial charge in [0.25, 0.3) is 0 Å². The van der Waals surface area contributed by atoms with Gasteiger partial charge in [-0.25, -0.2) is 12.7 Å². The second kappa shape index (κ2) is 6.15. The summed E-state index contributed by atoms with van der Waals surface area (Å²) < 4.78 is 25.9. The molecule has 0 radical (unpaired) electrons. The third-order valence-electron chi connectivity index (χ3n) is 3.30. The predicted molar refractivity (Wildman–Crippen MR) is 80.7 cm³/mol. The number of hydrogen-bond acceptors (Lipinski definition) is 4. The van der Waals surface area contributed by atoms with Crippen molar-refractivity contribution in [1.29, 1.82) is 0 Å². The van der Waals surface area contributed by atoms with Crippen LogP contribution in [0.2, 0.25) is 0 Å². The third kappa shape index (κ3) is 3.87. The number of hydrogen-bond donors (Lipinski definition) is 1. The first-order chi connectivity index (χ1) is 8.99. The van der Waals surface area contributed by atoms with Crippen molar-refractivity contribution in [2.75, 3.05) is 30.3 Å². The van der Waals surface area contributed by atoms with Crippen molar-refractivity contribution in [3.63, 3.8) is 0 Å². The topological polar surface area (TPSA) is 63.4 Å². The van der Waals surface area contributed by atoms with Crippen molar-refractivity contribution < 1.29 is 8.42 Å². The summed E-state index contributed by atoms with van der Waals surface area (Å²) in [6.45, 7) is 3.43. The fourth-order valence-electron chi connectivity index (χ4n) is 2.15. The number of nitrogen functional groups attached to an aromatic ring is 1. The van der Waals surface area contributed by atoms with Gasteiger partial charge in [-0.1, -0.05) is 19.1 Å². The van der Waals surface area contributed by atoms with Gasteiger partial charge in [0.15, 0.2) is 0 Å². The van der Waals surface area contributed by atoms with Gasteiger partial charge < -0.3 is 5.73 Å². The molecule has 1 aliphatic rings. The van der Waals surface area contributed by atoms with Crippen LogP contribution in [0, 0.1) is 5.92 Å². The SMILES string of the molecule is CC1CCN(S(=O)(=O)CCSc2ccccc2N)C1. The van der Waals surface area contributed by atoms with E-state index in [0.29, 0.717) is 30.4 Å². The second-order valence-electron chi connectivity index (χ2n) is 4.95. The predicted octanol–water partition coefficient (Wildman–Crippen LogP) is 2.03. The van der Waals surface area contributed by atoms with E-state index in [9.17, 15) is 8.42 Å². The lowest BCUT2D eigenvalue weighted by Crippen LogP contribution is -2.31. The minimum atomic E-state index is -3.10. The molecule has 1 fully saturated rings. The fraction of sp³-hybridized carbons (Fsp3) is 0.538. The van der Waals surface area contributed by atoms with Crippen molar-refractivity contribution in [3.8, 4) is 0 Å². The van der Waals surface area contributed by atoms with Gasteiger partial charge in [0, 0.05) is 29.4 Å². The molecule has 0 spiro atoms. The Morgan fingerprint density at radius 1 is 1.42 bits per heavy atom. The van der Waals surface area contributed by atoms with Crippen LogP contribution in [0.3, 0.4) is 0 Å². The standard InChI is InChI=1S/C13H20N2O2S2/c1-11-6-7-15(10-11)19(16,17)9-8-18-13-5-3-2-4-12(13)14/h2-5,11H,6-10,14H2,1H3. The first kappa shape index (κ1) is 14.7. The molecule has 2 rings (SSSR count). The van der Waals surface area contributed by atoms with Gasteiger partial charge in [0.05, 0.1) is 5.75 Å². The number of thioether (sulfide) groups is 1. The lowest BCUT2D eigenvalue weighted by atomic mass is 10.2. The molecule has 1 atom stereocenters. The Hall–Kier alpha value is -0.720. The molecule has 0 aliphatic carbocycles. The Labute approximate surface area is 119 Å². The van der Waals surface area contributed by atoms with E-state index in [4.69, 9.17) is 5.73 Å². The van der Waals surface area contributed by atoms with E-state index in [1.807, 2.05) is 24.3 Å². The summed E-state index contributed by atoms with van der Waals surface area (Å²) in [6, 6.07) is 7.54. The highest BCUT2D eigenvalue weighted by molar-refractivity contribution is 8.00. The molecule has 1 unspecified atom stereocenters. The molecule has 2 N–H and O–H groups in total. The van der Waals surface area contributed by atoms with Crippen LogP contribution < -0.4 is 5.73 Å². The minimum absolute atomic E-state index is 0.179. The van der Waals surface area contributed by atoms with Gasteiger partial charge >= 0.3 is 0 Å². The number of sulfonamides is 1. The zero-order valence-electron chi connectivity index (χ0n) is 11.1. The molecule has 4 nitrogen and oxygen atoms in total. The Bertz CT molecular complexity index is 531. The van der Waals surface area contributed by atoms with Gasteiger partial charge in [-0.05, 0) is 24.5 Å². The summed E-state index contributed by atoms with van der Waals surface area (Å²) in [6.07, 6.45) is 0.970. The smallest absolute Gasteiger partial charge is 0.214 e. The highest BCUT2D eigenvalue weighted by Crippen LogP contribution is 2.25. The Kier molecular flexibility index (Phi) is 4.76. The van der Waals surface area contributed by atoms with E-state index in [0.717, 1.165) is 11.3 Å². The lowest BCUT2D eigenvalue weighted by Gasteiger charge is -2.15. The van der Waals surface area contributed by atoms with Crippen molar-refractivity contribution in [3.05, 3.63) is 24.3 Å². The molecule has 0 bridgehead atoms. The van der Waals surface area contributed by atoms with Crippen LogP contribution in [0.15, 0.2) is 29.2 Å². The molecule has 0 saturated carbocycles. The zero-order valence-corrected chi connectivity index (χ0v) is 12.7. The fourth-order valence-corrected chi connectivity index (χ4v) is 5.07. The van der Waals surface area contributed by atoms with E-state index in [1.54, 1.807) is 4.31 Å². The number of nitrogens with two attached hydrogens (primary N) is 1. The van der Waals surface area contributed by atoms with Crippen LogP contribution in [0.25, 0.3) is 0 Å². The number of benzene rings is 1.